The van der Waals surface area contributed by atoms with E-state index in [1.54, 1.807) is 6.07 Å². The van der Waals surface area contributed by atoms with Crippen LogP contribution in [0.2, 0.25) is 0 Å². The molecule has 0 aliphatic rings. The fraction of sp³-hybridized carbons (Fsp3) is 0.222. The van der Waals surface area contributed by atoms with Crippen molar-refractivity contribution in [2.24, 2.45) is 0 Å². The Morgan fingerprint density at radius 2 is 2.33 bits per heavy atom. The summed E-state index contributed by atoms with van der Waals surface area (Å²) in [6.07, 6.45) is -2.51. The van der Waals surface area contributed by atoms with Gasteiger partial charge in [0.2, 0.25) is 5.88 Å². The highest BCUT2D eigenvalue weighted by Crippen LogP contribution is 2.30. The van der Waals surface area contributed by atoms with Gasteiger partial charge in [-0.15, -0.1) is 0 Å². The highest BCUT2D eigenvalue weighted by atomic mass is 19.3. The van der Waals surface area contributed by atoms with E-state index in [9.17, 15) is 13.6 Å². The summed E-state index contributed by atoms with van der Waals surface area (Å²) in [4.78, 5) is 13.9. The number of rotatable bonds is 3. The van der Waals surface area contributed by atoms with E-state index < -0.39 is 17.9 Å². The van der Waals surface area contributed by atoms with E-state index in [0.717, 1.165) is 13.2 Å². The zero-order valence-corrected chi connectivity index (χ0v) is 7.70. The van der Waals surface area contributed by atoms with Crippen molar-refractivity contribution < 1.29 is 18.3 Å². The summed E-state index contributed by atoms with van der Waals surface area (Å²) < 4.78 is 29.7. The van der Waals surface area contributed by atoms with Crippen molar-refractivity contribution in [3.63, 3.8) is 0 Å². The van der Waals surface area contributed by atoms with Crippen LogP contribution in [-0.4, -0.2) is 18.4 Å². The molecule has 1 aromatic heterocycles. The molecule has 0 aliphatic heterocycles. The molecule has 0 fully saturated rings. The maximum Gasteiger partial charge on any atom is 0.270 e. The minimum atomic E-state index is -2.87. The molecule has 1 heterocycles. The first kappa shape index (κ1) is 11.0. The number of carbonyl (C=O) groups excluding carboxylic acids is 1. The van der Waals surface area contributed by atoms with Gasteiger partial charge in [0.1, 0.15) is 5.69 Å². The zero-order chi connectivity index (χ0) is 11.4. The lowest BCUT2D eigenvalue weighted by atomic mass is 10.1. The van der Waals surface area contributed by atoms with Gasteiger partial charge in [-0.25, -0.2) is 13.8 Å². The van der Waals surface area contributed by atoms with E-state index >= 15 is 0 Å². The Balaban J connectivity index is 3.47. The molecule has 6 heteroatoms. The number of aldehydes is 1. The van der Waals surface area contributed by atoms with Crippen molar-refractivity contribution in [1.29, 1.82) is 5.26 Å². The van der Waals surface area contributed by atoms with Crippen LogP contribution < -0.4 is 4.74 Å². The Hall–Kier alpha value is -2.03. The lowest BCUT2D eigenvalue weighted by Crippen LogP contribution is -2.02. The van der Waals surface area contributed by atoms with E-state index in [1.807, 2.05) is 0 Å². The minimum absolute atomic E-state index is 0.118. The number of methoxy groups -OCH3 is 1. The van der Waals surface area contributed by atoms with Crippen LogP contribution in [0.5, 0.6) is 5.88 Å². The van der Waals surface area contributed by atoms with Gasteiger partial charge in [0, 0.05) is 0 Å². The van der Waals surface area contributed by atoms with Crippen molar-refractivity contribution in [3.8, 4) is 11.9 Å². The second-order valence-corrected chi connectivity index (χ2v) is 2.55. The third kappa shape index (κ3) is 2.07. The summed E-state index contributed by atoms with van der Waals surface area (Å²) in [5.41, 5.74) is -1.02. The van der Waals surface area contributed by atoms with Crippen LogP contribution in [0, 0.1) is 11.3 Å². The van der Waals surface area contributed by atoms with Crippen molar-refractivity contribution in [2.75, 3.05) is 7.11 Å². The fourth-order valence-electron chi connectivity index (χ4n) is 1.07. The second-order valence-electron chi connectivity index (χ2n) is 2.55. The third-order valence-corrected chi connectivity index (χ3v) is 1.70. The molecule has 0 aromatic carbocycles. The molecule has 0 bridgehead atoms. The molecular formula is C9H6F2N2O2. The van der Waals surface area contributed by atoms with E-state index in [0.29, 0.717) is 6.29 Å². The van der Waals surface area contributed by atoms with Gasteiger partial charge in [-0.05, 0) is 6.07 Å². The van der Waals surface area contributed by atoms with Gasteiger partial charge in [-0.1, -0.05) is 0 Å². The van der Waals surface area contributed by atoms with Crippen molar-refractivity contribution in [3.05, 3.63) is 22.9 Å². The topological polar surface area (TPSA) is 63.0 Å². The average molecular weight is 212 g/mol. The Bertz CT molecular complexity index is 427. The van der Waals surface area contributed by atoms with Crippen LogP contribution in [0.1, 0.15) is 28.0 Å². The molecule has 4 nitrogen and oxygen atoms in total. The summed E-state index contributed by atoms with van der Waals surface area (Å²) in [6.45, 7) is 0. The molecule has 1 rings (SSSR count). The van der Waals surface area contributed by atoms with Crippen LogP contribution in [0.15, 0.2) is 6.07 Å². The largest absolute Gasteiger partial charge is 0.481 e. The molecule has 1 aromatic rings. The second kappa shape index (κ2) is 4.46. The Kier molecular flexibility index (Phi) is 3.29. The highest BCUT2D eigenvalue weighted by molar-refractivity contribution is 5.73. The number of nitriles is 1. The SMILES string of the molecule is COc1nc(C=O)cc(C#N)c1C(F)F. The molecule has 0 amide bonds. The van der Waals surface area contributed by atoms with Crippen LogP contribution in [-0.2, 0) is 0 Å². The smallest absolute Gasteiger partial charge is 0.270 e. The first-order valence-electron chi connectivity index (χ1n) is 3.86. The number of carbonyl (C=O) groups is 1. The highest BCUT2D eigenvalue weighted by Gasteiger charge is 2.21. The predicted octanol–water partition coefficient (Wildman–Crippen LogP) is 1.71. The van der Waals surface area contributed by atoms with Gasteiger partial charge in [-0.2, -0.15) is 5.26 Å². The summed E-state index contributed by atoms with van der Waals surface area (Å²) in [5, 5.41) is 8.62. The Morgan fingerprint density at radius 1 is 1.67 bits per heavy atom. The quantitative estimate of drug-likeness (QED) is 0.715. The molecule has 0 unspecified atom stereocenters. The standard InChI is InChI=1S/C9H6F2N2O2/c1-15-9-7(8(10)11)5(3-12)2-6(4-14)13-9/h2,4,8H,1H3. The predicted molar refractivity (Wildman–Crippen MR) is 45.8 cm³/mol. The molecule has 78 valence electrons. The van der Waals surface area contributed by atoms with Gasteiger partial charge >= 0.3 is 0 Å². The zero-order valence-electron chi connectivity index (χ0n) is 7.70. The van der Waals surface area contributed by atoms with Crippen LogP contribution in [0.3, 0.4) is 0 Å². The number of hydrogen-bond donors (Lipinski definition) is 0. The number of nitrogens with zero attached hydrogens (tertiary/aromatic N) is 2. The monoisotopic (exact) mass is 212 g/mol. The molecule has 0 aliphatic carbocycles. The minimum Gasteiger partial charge on any atom is -0.481 e. The molecule has 0 atom stereocenters. The summed E-state index contributed by atoms with van der Waals surface area (Å²) in [6, 6.07) is 2.56. The number of ether oxygens (including phenoxy) is 1. The van der Waals surface area contributed by atoms with Crippen LogP contribution >= 0.6 is 0 Å². The number of aromatic nitrogens is 1. The molecule has 0 spiro atoms. The molecule has 15 heavy (non-hydrogen) atoms. The first-order chi connectivity index (χ1) is 7.13. The van der Waals surface area contributed by atoms with E-state index in [1.165, 1.54) is 0 Å². The molecule has 0 N–H and O–H groups in total. The van der Waals surface area contributed by atoms with E-state index in [-0.39, 0.29) is 11.3 Å². The average Bonchev–Trinajstić information content (AvgIpc) is 2.26. The maximum absolute atomic E-state index is 12.5. The van der Waals surface area contributed by atoms with Gasteiger partial charge in [-0.3, -0.25) is 4.79 Å². The third-order valence-electron chi connectivity index (χ3n) is 1.70. The molecule has 0 saturated heterocycles. The number of halogens is 2. The number of alkyl halides is 2. The van der Waals surface area contributed by atoms with Crippen LogP contribution in [0.25, 0.3) is 0 Å². The van der Waals surface area contributed by atoms with Crippen LogP contribution in [0.4, 0.5) is 8.78 Å². The molecule has 0 saturated carbocycles. The van der Waals surface area contributed by atoms with Crippen molar-refractivity contribution in [2.45, 2.75) is 6.43 Å². The fourth-order valence-corrected chi connectivity index (χ4v) is 1.07. The van der Waals surface area contributed by atoms with Gasteiger partial charge in [0.05, 0.1) is 24.3 Å². The maximum atomic E-state index is 12.5. The summed E-state index contributed by atoms with van der Waals surface area (Å²) in [7, 11) is 1.14. The Morgan fingerprint density at radius 3 is 2.73 bits per heavy atom. The molecular weight excluding hydrogens is 206 g/mol. The number of pyridine rings is 1. The normalized spacial score (nSPS) is 9.80. The lowest BCUT2D eigenvalue weighted by Gasteiger charge is -2.08. The lowest BCUT2D eigenvalue weighted by molar-refractivity contribution is 0.111. The van der Waals surface area contributed by atoms with Crippen molar-refractivity contribution >= 4 is 6.29 Å². The summed E-state index contributed by atoms with van der Waals surface area (Å²) >= 11 is 0. The number of hydrogen-bond acceptors (Lipinski definition) is 4. The first-order valence-corrected chi connectivity index (χ1v) is 3.86. The van der Waals surface area contributed by atoms with E-state index in [2.05, 4.69) is 9.72 Å². The van der Waals surface area contributed by atoms with Gasteiger partial charge < -0.3 is 4.74 Å². The van der Waals surface area contributed by atoms with E-state index in [4.69, 9.17) is 5.26 Å². The Labute approximate surface area is 84.1 Å². The summed E-state index contributed by atoms with van der Waals surface area (Å²) in [5.74, 6) is -0.397. The van der Waals surface area contributed by atoms with Gasteiger partial charge in [0.25, 0.3) is 6.43 Å². The van der Waals surface area contributed by atoms with Crippen molar-refractivity contribution in [1.82, 2.24) is 4.98 Å². The molecule has 0 radical (unpaired) electrons. The van der Waals surface area contributed by atoms with Gasteiger partial charge in [0.15, 0.2) is 6.29 Å².